The topological polar surface area (TPSA) is 55.8 Å². The van der Waals surface area contributed by atoms with Crippen LogP contribution in [0.25, 0.3) is 0 Å². The zero-order valence-corrected chi connectivity index (χ0v) is 9.59. The van der Waals surface area contributed by atoms with Gasteiger partial charge in [0, 0.05) is 18.7 Å². The van der Waals surface area contributed by atoms with Crippen LogP contribution in [0.5, 0.6) is 11.5 Å². The van der Waals surface area contributed by atoms with E-state index in [0.717, 1.165) is 11.3 Å². The van der Waals surface area contributed by atoms with Gasteiger partial charge in [-0.25, -0.2) is 0 Å². The largest absolute Gasteiger partial charge is 0.454 e. The summed E-state index contributed by atoms with van der Waals surface area (Å²) in [6, 6.07) is 5.62. The highest BCUT2D eigenvalue weighted by molar-refractivity contribution is 6.12. The van der Waals surface area contributed by atoms with E-state index in [9.17, 15) is 9.59 Å². The molecule has 18 heavy (non-hydrogen) atoms. The van der Waals surface area contributed by atoms with Crippen molar-refractivity contribution in [1.29, 1.82) is 0 Å². The summed E-state index contributed by atoms with van der Waals surface area (Å²) in [5.74, 6) is 0.944. The third-order valence-corrected chi connectivity index (χ3v) is 2.96. The second kappa shape index (κ2) is 4.18. The average Bonchev–Trinajstić information content (AvgIpc) is 2.94. The Hall–Kier alpha value is -2.30. The maximum Gasteiger partial charge on any atom is 0.253 e. The molecule has 0 spiro atoms. The molecular weight excluding hydrogens is 234 g/mol. The molecule has 0 saturated carbocycles. The van der Waals surface area contributed by atoms with Gasteiger partial charge >= 0.3 is 0 Å². The zero-order chi connectivity index (χ0) is 12.5. The summed E-state index contributed by atoms with van der Waals surface area (Å²) >= 11 is 0. The smallest absolute Gasteiger partial charge is 0.253 e. The molecule has 0 aliphatic carbocycles. The van der Waals surface area contributed by atoms with E-state index in [0.29, 0.717) is 18.7 Å². The molecule has 2 aliphatic rings. The Bertz CT molecular complexity index is 532. The van der Waals surface area contributed by atoms with Crippen molar-refractivity contribution in [2.24, 2.45) is 0 Å². The molecule has 0 atom stereocenters. The van der Waals surface area contributed by atoms with Crippen molar-refractivity contribution in [3.8, 4) is 11.5 Å². The Morgan fingerprint density at radius 3 is 2.56 bits per heavy atom. The van der Waals surface area contributed by atoms with Gasteiger partial charge in [0.25, 0.3) is 11.8 Å². The van der Waals surface area contributed by atoms with Crippen LogP contribution in [0.15, 0.2) is 30.4 Å². The first-order valence-corrected chi connectivity index (χ1v) is 5.66. The standard InChI is InChI=1S/C13H11NO4/c15-12-3-4-13(16)14(12)6-5-9-1-2-10-11(7-9)18-8-17-10/h1-4,7H,5-6,8H2. The third-order valence-electron chi connectivity index (χ3n) is 2.96. The van der Waals surface area contributed by atoms with E-state index in [1.165, 1.54) is 17.1 Å². The van der Waals surface area contributed by atoms with E-state index in [1.807, 2.05) is 18.2 Å². The fourth-order valence-corrected chi connectivity index (χ4v) is 1.99. The Morgan fingerprint density at radius 2 is 1.78 bits per heavy atom. The van der Waals surface area contributed by atoms with Gasteiger partial charge in [0.1, 0.15) is 0 Å². The molecule has 2 heterocycles. The lowest BCUT2D eigenvalue weighted by Gasteiger charge is -2.13. The molecule has 5 heteroatoms. The van der Waals surface area contributed by atoms with Crippen LogP contribution in [0.3, 0.4) is 0 Å². The Kier molecular flexibility index (Phi) is 2.51. The molecular formula is C13H11NO4. The molecule has 0 unspecified atom stereocenters. The first kappa shape index (κ1) is 10.8. The number of ether oxygens (including phenoxy) is 2. The molecule has 0 aromatic heterocycles. The number of amides is 2. The normalized spacial score (nSPS) is 16.8. The molecule has 3 rings (SSSR count). The van der Waals surface area contributed by atoms with Crippen molar-refractivity contribution in [1.82, 2.24) is 4.90 Å². The van der Waals surface area contributed by atoms with Crippen molar-refractivity contribution < 1.29 is 19.1 Å². The minimum Gasteiger partial charge on any atom is -0.454 e. The predicted octanol–water partition coefficient (Wildman–Crippen LogP) is 0.883. The molecule has 2 amide bonds. The lowest BCUT2D eigenvalue weighted by molar-refractivity contribution is -0.136. The van der Waals surface area contributed by atoms with E-state index in [-0.39, 0.29) is 18.6 Å². The monoisotopic (exact) mass is 245 g/mol. The predicted molar refractivity (Wildman–Crippen MR) is 62.1 cm³/mol. The fourth-order valence-electron chi connectivity index (χ4n) is 1.99. The first-order valence-electron chi connectivity index (χ1n) is 5.66. The van der Waals surface area contributed by atoms with Crippen LogP contribution in [-0.4, -0.2) is 30.1 Å². The number of imide groups is 1. The Morgan fingerprint density at radius 1 is 1.06 bits per heavy atom. The number of carbonyl (C=O) groups is 2. The van der Waals surface area contributed by atoms with Crippen molar-refractivity contribution in [2.75, 3.05) is 13.3 Å². The van der Waals surface area contributed by atoms with Gasteiger partial charge in [-0.3, -0.25) is 14.5 Å². The van der Waals surface area contributed by atoms with E-state index < -0.39 is 0 Å². The fraction of sp³-hybridized carbons (Fsp3) is 0.231. The molecule has 2 aliphatic heterocycles. The Balaban J connectivity index is 1.67. The molecule has 92 valence electrons. The zero-order valence-electron chi connectivity index (χ0n) is 9.59. The van der Waals surface area contributed by atoms with Gasteiger partial charge in [-0.15, -0.1) is 0 Å². The number of hydrogen-bond acceptors (Lipinski definition) is 4. The van der Waals surface area contributed by atoms with Crippen LogP contribution >= 0.6 is 0 Å². The maximum absolute atomic E-state index is 11.4. The average molecular weight is 245 g/mol. The maximum atomic E-state index is 11.4. The van der Waals surface area contributed by atoms with Crippen LogP contribution in [0, 0.1) is 0 Å². The summed E-state index contributed by atoms with van der Waals surface area (Å²) in [5.41, 5.74) is 1.01. The number of hydrogen-bond donors (Lipinski definition) is 0. The summed E-state index contributed by atoms with van der Waals surface area (Å²) in [7, 11) is 0. The van der Waals surface area contributed by atoms with Gasteiger partial charge in [-0.2, -0.15) is 0 Å². The second-order valence-corrected chi connectivity index (χ2v) is 4.10. The summed E-state index contributed by atoms with van der Waals surface area (Å²) in [6.07, 6.45) is 3.19. The first-order chi connectivity index (χ1) is 8.74. The molecule has 5 nitrogen and oxygen atoms in total. The molecule has 0 radical (unpaired) electrons. The molecule has 0 N–H and O–H groups in total. The van der Waals surface area contributed by atoms with Crippen LogP contribution in [0.2, 0.25) is 0 Å². The van der Waals surface area contributed by atoms with E-state index in [1.54, 1.807) is 0 Å². The number of carbonyl (C=O) groups excluding carboxylic acids is 2. The molecule has 0 bridgehead atoms. The van der Waals surface area contributed by atoms with E-state index >= 15 is 0 Å². The number of fused-ring (bicyclic) bond motifs is 1. The summed E-state index contributed by atoms with van der Waals surface area (Å²) in [6.45, 7) is 0.621. The van der Waals surface area contributed by atoms with Crippen LogP contribution < -0.4 is 9.47 Å². The minimum atomic E-state index is -0.249. The van der Waals surface area contributed by atoms with Crippen LogP contribution in [-0.2, 0) is 16.0 Å². The van der Waals surface area contributed by atoms with Gasteiger partial charge < -0.3 is 9.47 Å². The van der Waals surface area contributed by atoms with Gasteiger partial charge in [-0.05, 0) is 24.1 Å². The number of benzene rings is 1. The Labute approximate surface area is 104 Å². The number of nitrogens with zero attached hydrogens (tertiary/aromatic N) is 1. The highest BCUT2D eigenvalue weighted by atomic mass is 16.7. The molecule has 1 aromatic rings. The van der Waals surface area contributed by atoms with Gasteiger partial charge in [0.2, 0.25) is 6.79 Å². The third kappa shape index (κ3) is 1.84. The quantitative estimate of drug-likeness (QED) is 0.742. The van der Waals surface area contributed by atoms with Crippen molar-refractivity contribution >= 4 is 11.8 Å². The van der Waals surface area contributed by atoms with Crippen molar-refractivity contribution in [3.05, 3.63) is 35.9 Å². The summed E-state index contributed by atoms with van der Waals surface area (Å²) in [4.78, 5) is 24.0. The van der Waals surface area contributed by atoms with Crippen LogP contribution in [0.1, 0.15) is 5.56 Å². The number of rotatable bonds is 3. The highest BCUT2D eigenvalue weighted by Gasteiger charge is 2.23. The SMILES string of the molecule is O=C1C=CC(=O)N1CCc1ccc2c(c1)OCO2. The lowest BCUT2D eigenvalue weighted by Crippen LogP contribution is -2.31. The van der Waals surface area contributed by atoms with Gasteiger partial charge in [-0.1, -0.05) is 6.07 Å². The van der Waals surface area contributed by atoms with E-state index in [4.69, 9.17) is 9.47 Å². The molecule has 0 saturated heterocycles. The molecule has 0 fully saturated rings. The van der Waals surface area contributed by atoms with Gasteiger partial charge in [0.05, 0.1) is 0 Å². The van der Waals surface area contributed by atoms with Crippen LogP contribution in [0.4, 0.5) is 0 Å². The second-order valence-electron chi connectivity index (χ2n) is 4.10. The summed E-state index contributed by atoms with van der Waals surface area (Å²) in [5, 5.41) is 0. The molecule has 1 aromatic carbocycles. The highest BCUT2D eigenvalue weighted by Crippen LogP contribution is 2.32. The van der Waals surface area contributed by atoms with E-state index in [2.05, 4.69) is 0 Å². The van der Waals surface area contributed by atoms with Crippen molar-refractivity contribution in [3.63, 3.8) is 0 Å². The lowest BCUT2D eigenvalue weighted by atomic mass is 10.1. The minimum absolute atomic E-state index is 0.242. The van der Waals surface area contributed by atoms with Gasteiger partial charge in [0.15, 0.2) is 11.5 Å². The summed E-state index contributed by atoms with van der Waals surface area (Å²) < 4.78 is 10.5. The van der Waals surface area contributed by atoms with Crippen molar-refractivity contribution in [2.45, 2.75) is 6.42 Å².